The molecule has 0 saturated carbocycles. The normalized spacial score (nSPS) is 20.3. The molecule has 2 aliphatic rings. The van der Waals surface area contributed by atoms with Crippen molar-refractivity contribution in [1.29, 1.82) is 0 Å². The van der Waals surface area contributed by atoms with Crippen molar-refractivity contribution >= 4 is 27.1 Å². The molecule has 1 saturated heterocycles. The first-order chi connectivity index (χ1) is 11.9. The van der Waals surface area contributed by atoms with Gasteiger partial charge in [-0.25, -0.2) is 8.42 Å². The number of carbonyl (C=O) groups is 1. The molecule has 2 aliphatic heterocycles. The second-order valence-electron chi connectivity index (χ2n) is 6.72. The molecule has 0 atom stereocenters. The van der Waals surface area contributed by atoms with Crippen molar-refractivity contribution in [3.8, 4) is 5.75 Å². The first-order valence-electron chi connectivity index (χ1n) is 8.26. The lowest BCUT2D eigenvalue weighted by Crippen LogP contribution is -2.52. The Morgan fingerprint density at radius 3 is 2.64 bits per heavy atom. The Kier molecular flexibility index (Phi) is 3.97. The van der Waals surface area contributed by atoms with Gasteiger partial charge in [0, 0.05) is 25.9 Å². The summed E-state index contributed by atoms with van der Waals surface area (Å²) in [5, 5.41) is 1.76. The summed E-state index contributed by atoms with van der Waals surface area (Å²) in [6, 6.07) is 9.01. The van der Waals surface area contributed by atoms with E-state index in [4.69, 9.17) is 4.74 Å². The molecule has 25 heavy (non-hydrogen) atoms. The Balaban J connectivity index is 1.54. The van der Waals surface area contributed by atoms with Crippen LogP contribution in [0, 0.1) is 6.92 Å². The standard InChI is InChI=1S/C18H19NO4S2/c1-13-4-5-16-14(11-13)15(20)12-18(23-16)6-8-19(9-7-18)25(21,22)17-3-2-10-24-17/h2-5,10-11H,6-9,12H2,1H3. The number of Topliss-reactive ketones (excluding diaryl/α,β-unsaturated/α-hetero) is 1. The van der Waals surface area contributed by atoms with Crippen LogP contribution in [0.5, 0.6) is 5.75 Å². The SMILES string of the molecule is Cc1ccc2c(c1)C(=O)CC1(CCN(S(=O)(=O)c3cccs3)CC1)O2. The van der Waals surface area contributed by atoms with E-state index in [0.29, 0.717) is 47.9 Å². The van der Waals surface area contributed by atoms with E-state index in [-0.39, 0.29) is 5.78 Å². The van der Waals surface area contributed by atoms with Crippen molar-refractivity contribution in [3.05, 3.63) is 46.8 Å². The van der Waals surface area contributed by atoms with Crippen LogP contribution in [0.2, 0.25) is 0 Å². The number of nitrogens with zero attached hydrogens (tertiary/aromatic N) is 1. The van der Waals surface area contributed by atoms with E-state index in [1.807, 2.05) is 25.1 Å². The molecule has 0 bridgehead atoms. The van der Waals surface area contributed by atoms with Crippen molar-refractivity contribution < 1.29 is 17.9 Å². The molecular weight excluding hydrogens is 358 g/mol. The lowest BCUT2D eigenvalue weighted by atomic mass is 9.83. The summed E-state index contributed by atoms with van der Waals surface area (Å²) in [6.45, 7) is 2.69. The average molecular weight is 377 g/mol. The number of hydrogen-bond acceptors (Lipinski definition) is 5. The van der Waals surface area contributed by atoms with Gasteiger partial charge in [-0.05, 0) is 30.5 Å². The molecular formula is C18H19NO4S2. The highest BCUT2D eigenvalue weighted by Gasteiger charge is 2.45. The molecule has 7 heteroatoms. The van der Waals surface area contributed by atoms with E-state index in [0.717, 1.165) is 5.56 Å². The number of benzene rings is 1. The van der Waals surface area contributed by atoms with E-state index in [1.165, 1.54) is 15.6 Å². The first kappa shape index (κ1) is 16.8. The maximum atomic E-state index is 12.6. The van der Waals surface area contributed by atoms with E-state index < -0.39 is 15.6 Å². The highest BCUT2D eigenvalue weighted by atomic mass is 32.2. The highest BCUT2D eigenvalue weighted by Crippen LogP contribution is 2.40. The fourth-order valence-corrected chi connectivity index (χ4v) is 6.14. The molecule has 1 fully saturated rings. The number of piperidine rings is 1. The zero-order valence-electron chi connectivity index (χ0n) is 13.9. The number of ether oxygens (including phenoxy) is 1. The van der Waals surface area contributed by atoms with Crippen LogP contribution in [0.1, 0.15) is 35.2 Å². The number of thiophene rings is 1. The van der Waals surface area contributed by atoms with Gasteiger partial charge in [0.1, 0.15) is 15.6 Å². The summed E-state index contributed by atoms with van der Waals surface area (Å²) in [5.74, 6) is 0.705. The quantitative estimate of drug-likeness (QED) is 0.806. The van der Waals surface area contributed by atoms with E-state index in [2.05, 4.69) is 0 Å². The van der Waals surface area contributed by atoms with Crippen LogP contribution in [0.4, 0.5) is 0 Å². The summed E-state index contributed by atoms with van der Waals surface area (Å²) < 4.78 is 33.4. The minimum Gasteiger partial charge on any atom is -0.486 e. The van der Waals surface area contributed by atoms with Crippen LogP contribution >= 0.6 is 11.3 Å². The van der Waals surface area contributed by atoms with Gasteiger partial charge in [-0.3, -0.25) is 4.79 Å². The van der Waals surface area contributed by atoms with Gasteiger partial charge in [0.05, 0.1) is 12.0 Å². The zero-order chi connectivity index (χ0) is 17.7. The largest absolute Gasteiger partial charge is 0.486 e. The van der Waals surface area contributed by atoms with E-state index >= 15 is 0 Å². The van der Waals surface area contributed by atoms with Crippen LogP contribution in [0.15, 0.2) is 39.9 Å². The zero-order valence-corrected chi connectivity index (χ0v) is 15.5. The van der Waals surface area contributed by atoms with Crippen molar-refractivity contribution in [2.45, 2.75) is 36.0 Å². The van der Waals surface area contributed by atoms with Crippen molar-refractivity contribution in [2.24, 2.45) is 0 Å². The second-order valence-corrected chi connectivity index (χ2v) is 9.83. The van der Waals surface area contributed by atoms with Gasteiger partial charge in [0.25, 0.3) is 10.0 Å². The molecule has 4 rings (SSSR count). The summed E-state index contributed by atoms with van der Waals surface area (Å²) in [7, 11) is -3.44. The lowest BCUT2D eigenvalue weighted by molar-refractivity contribution is 0.00592. The van der Waals surface area contributed by atoms with Crippen molar-refractivity contribution in [1.82, 2.24) is 4.31 Å². The lowest BCUT2D eigenvalue weighted by Gasteiger charge is -2.43. The third-order valence-corrected chi connectivity index (χ3v) is 8.24. The van der Waals surface area contributed by atoms with Crippen LogP contribution < -0.4 is 4.74 Å². The summed E-state index contributed by atoms with van der Waals surface area (Å²) in [4.78, 5) is 12.6. The predicted octanol–water partition coefficient (Wildman–Crippen LogP) is 3.25. The number of hydrogen-bond donors (Lipinski definition) is 0. The number of aryl methyl sites for hydroxylation is 1. The maximum Gasteiger partial charge on any atom is 0.252 e. The monoisotopic (exact) mass is 377 g/mol. The van der Waals surface area contributed by atoms with Crippen LogP contribution in [0.25, 0.3) is 0 Å². The molecule has 5 nitrogen and oxygen atoms in total. The average Bonchev–Trinajstić information content (AvgIpc) is 3.12. The van der Waals surface area contributed by atoms with E-state index in [1.54, 1.807) is 17.5 Å². The summed E-state index contributed by atoms with van der Waals surface area (Å²) >= 11 is 1.23. The van der Waals surface area contributed by atoms with E-state index in [9.17, 15) is 13.2 Å². The molecule has 0 unspecified atom stereocenters. The maximum absolute atomic E-state index is 12.6. The fraction of sp³-hybridized carbons (Fsp3) is 0.389. The van der Waals surface area contributed by atoms with Gasteiger partial charge in [-0.1, -0.05) is 17.7 Å². The number of fused-ring (bicyclic) bond motifs is 1. The van der Waals surface area contributed by atoms with Crippen LogP contribution in [-0.2, 0) is 10.0 Å². The van der Waals surface area contributed by atoms with Gasteiger partial charge in [-0.15, -0.1) is 11.3 Å². The molecule has 0 N–H and O–H groups in total. The molecule has 0 amide bonds. The second kappa shape index (κ2) is 5.93. The predicted molar refractivity (Wildman–Crippen MR) is 95.8 cm³/mol. The van der Waals surface area contributed by atoms with Crippen molar-refractivity contribution in [2.75, 3.05) is 13.1 Å². The number of sulfonamides is 1. The Bertz CT molecular complexity index is 911. The first-order valence-corrected chi connectivity index (χ1v) is 10.6. The fourth-order valence-electron chi connectivity index (χ4n) is 3.56. The molecule has 1 aromatic carbocycles. The summed E-state index contributed by atoms with van der Waals surface area (Å²) in [5.41, 5.74) is 1.09. The Hall–Kier alpha value is -1.70. The summed E-state index contributed by atoms with van der Waals surface area (Å²) in [6.07, 6.45) is 1.36. The van der Waals surface area contributed by atoms with Gasteiger partial charge in [0.15, 0.2) is 5.78 Å². The number of carbonyl (C=O) groups excluding carboxylic acids is 1. The smallest absolute Gasteiger partial charge is 0.252 e. The van der Waals surface area contributed by atoms with Gasteiger partial charge in [0.2, 0.25) is 0 Å². The third-order valence-electron chi connectivity index (χ3n) is 4.97. The Morgan fingerprint density at radius 1 is 1.20 bits per heavy atom. The Labute approximate surface area is 151 Å². The molecule has 132 valence electrons. The molecule has 1 aromatic heterocycles. The van der Waals surface area contributed by atoms with Crippen LogP contribution in [0.3, 0.4) is 0 Å². The topological polar surface area (TPSA) is 63.7 Å². The van der Waals surface area contributed by atoms with Gasteiger partial charge >= 0.3 is 0 Å². The van der Waals surface area contributed by atoms with Gasteiger partial charge in [-0.2, -0.15) is 4.31 Å². The van der Waals surface area contributed by atoms with Crippen molar-refractivity contribution in [3.63, 3.8) is 0 Å². The minimum atomic E-state index is -3.44. The minimum absolute atomic E-state index is 0.0829. The Morgan fingerprint density at radius 2 is 1.96 bits per heavy atom. The number of rotatable bonds is 2. The third kappa shape index (κ3) is 2.90. The highest BCUT2D eigenvalue weighted by molar-refractivity contribution is 7.91. The van der Waals surface area contributed by atoms with Gasteiger partial charge < -0.3 is 4.74 Å². The number of ketones is 1. The molecule has 2 aromatic rings. The molecule has 1 spiro atoms. The molecule has 0 radical (unpaired) electrons. The molecule has 0 aliphatic carbocycles. The molecule has 3 heterocycles. The van der Waals surface area contributed by atoms with Crippen LogP contribution in [-0.4, -0.2) is 37.2 Å².